The molecule has 0 N–H and O–H groups in total. The van der Waals surface area contributed by atoms with Crippen LogP contribution in [0.2, 0.25) is 0 Å². The van der Waals surface area contributed by atoms with E-state index in [0.29, 0.717) is 5.75 Å². The molecule has 0 saturated heterocycles. The molecule has 0 spiro atoms. The first kappa shape index (κ1) is 11.4. The van der Waals surface area contributed by atoms with Gasteiger partial charge in [-0.3, -0.25) is 0 Å². The molecule has 0 radical (unpaired) electrons. The molecule has 1 aromatic carbocycles. The maximum atomic E-state index is 5.35. The second kappa shape index (κ2) is 4.45. The molecule has 17 heavy (non-hydrogen) atoms. The van der Waals surface area contributed by atoms with E-state index in [1.165, 1.54) is 0 Å². The average Bonchev–Trinajstić information content (AvgIpc) is 2.85. The van der Waals surface area contributed by atoms with Gasteiger partial charge in [-0.05, 0) is 19.4 Å². The molecule has 0 fully saturated rings. The maximum absolute atomic E-state index is 5.35. The Labute approximate surface area is 100.0 Å². The van der Waals surface area contributed by atoms with Crippen molar-refractivity contribution in [1.29, 1.82) is 0 Å². The zero-order valence-corrected chi connectivity index (χ0v) is 10.4. The van der Waals surface area contributed by atoms with Crippen LogP contribution in [-0.4, -0.2) is 29.2 Å². The third-order valence-electron chi connectivity index (χ3n) is 2.84. The highest BCUT2D eigenvalue weighted by Gasteiger charge is 2.15. The first-order chi connectivity index (χ1) is 8.19. The number of hydrogen-bond donors (Lipinski definition) is 0. The lowest BCUT2D eigenvalue weighted by molar-refractivity contribution is 0.352. The summed E-state index contributed by atoms with van der Waals surface area (Å²) >= 11 is 0. The summed E-state index contributed by atoms with van der Waals surface area (Å²) in [6.07, 6.45) is 3.29. The number of aromatic nitrogens is 3. The van der Waals surface area contributed by atoms with Crippen LogP contribution < -0.4 is 9.47 Å². The highest BCUT2D eigenvalue weighted by atomic mass is 16.5. The van der Waals surface area contributed by atoms with Crippen LogP contribution in [0.25, 0.3) is 5.69 Å². The first-order valence-electron chi connectivity index (χ1n) is 5.28. The minimum atomic E-state index is 0.683. The number of rotatable bonds is 3. The number of ether oxygens (including phenoxy) is 2. The molecule has 0 amide bonds. The van der Waals surface area contributed by atoms with Gasteiger partial charge in [-0.1, -0.05) is 0 Å². The topological polar surface area (TPSA) is 49.2 Å². The molecule has 0 saturated carbocycles. The Kier molecular flexibility index (Phi) is 2.99. The predicted molar refractivity (Wildman–Crippen MR) is 63.9 cm³/mol. The van der Waals surface area contributed by atoms with Crippen LogP contribution >= 0.6 is 0 Å². The van der Waals surface area contributed by atoms with E-state index in [0.717, 1.165) is 22.6 Å². The van der Waals surface area contributed by atoms with Gasteiger partial charge in [-0.15, -0.1) is 0 Å². The zero-order chi connectivity index (χ0) is 12.4. The summed E-state index contributed by atoms with van der Waals surface area (Å²) in [7, 11) is 3.25. The second-order valence-corrected chi connectivity index (χ2v) is 3.70. The molecular weight excluding hydrogens is 218 g/mol. The number of nitrogens with zero attached hydrogens (tertiary/aromatic N) is 3. The highest BCUT2D eigenvalue weighted by Crippen LogP contribution is 2.35. The van der Waals surface area contributed by atoms with E-state index >= 15 is 0 Å². The molecule has 0 aliphatic rings. The van der Waals surface area contributed by atoms with Gasteiger partial charge >= 0.3 is 0 Å². The van der Waals surface area contributed by atoms with Gasteiger partial charge in [0.25, 0.3) is 0 Å². The quantitative estimate of drug-likeness (QED) is 0.812. The highest BCUT2D eigenvalue weighted by molar-refractivity contribution is 5.58. The van der Waals surface area contributed by atoms with Gasteiger partial charge in [0.15, 0.2) is 11.5 Å². The summed E-state index contributed by atoms with van der Waals surface area (Å²) in [6, 6.07) is 1.88. The molecular formula is C12H15N3O2. The fourth-order valence-corrected chi connectivity index (χ4v) is 1.80. The lowest BCUT2D eigenvalue weighted by Crippen LogP contribution is -2.05. The fraction of sp³-hybridized carbons (Fsp3) is 0.333. The number of methoxy groups -OCH3 is 2. The van der Waals surface area contributed by atoms with Crippen molar-refractivity contribution in [3.8, 4) is 17.2 Å². The molecule has 90 valence electrons. The SMILES string of the molecule is COc1cc(-n2nccn2)c(C)c(C)c1OC. The molecule has 0 aliphatic carbocycles. The van der Waals surface area contributed by atoms with E-state index in [4.69, 9.17) is 9.47 Å². The summed E-state index contributed by atoms with van der Waals surface area (Å²) in [5.74, 6) is 1.43. The summed E-state index contributed by atoms with van der Waals surface area (Å²) in [4.78, 5) is 1.57. The Balaban J connectivity index is 2.66. The average molecular weight is 233 g/mol. The van der Waals surface area contributed by atoms with Crippen molar-refractivity contribution >= 4 is 0 Å². The fourth-order valence-electron chi connectivity index (χ4n) is 1.80. The maximum Gasteiger partial charge on any atom is 0.164 e. The third-order valence-corrected chi connectivity index (χ3v) is 2.84. The molecule has 2 aromatic rings. The number of hydrogen-bond acceptors (Lipinski definition) is 4. The smallest absolute Gasteiger partial charge is 0.164 e. The van der Waals surface area contributed by atoms with E-state index in [-0.39, 0.29) is 0 Å². The minimum Gasteiger partial charge on any atom is -0.493 e. The van der Waals surface area contributed by atoms with Crippen molar-refractivity contribution in [2.45, 2.75) is 13.8 Å². The lowest BCUT2D eigenvalue weighted by Gasteiger charge is -2.15. The van der Waals surface area contributed by atoms with Gasteiger partial charge in [0.05, 0.1) is 32.3 Å². The van der Waals surface area contributed by atoms with Gasteiger partial charge in [0.2, 0.25) is 0 Å². The van der Waals surface area contributed by atoms with Crippen molar-refractivity contribution in [3.63, 3.8) is 0 Å². The summed E-state index contributed by atoms with van der Waals surface area (Å²) < 4.78 is 10.7. The molecule has 1 aromatic heterocycles. The van der Waals surface area contributed by atoms with Gasteiger partial charge in [-0.25, -0.2) is 0 Å². The molecule has 0 unspecified atom stereocenters. The molecule has 1 heterocycles. The molecule has 0 bridgehead atoms. The van der Waals surface area contributed by atoms with Crippen molar-refractivity contribution in [2.75, 3.05) is 14.2 Å². The van der Waals surface area contributed by atoms with Gasteiger partial charge in [0, 0.05) is 11.6 Å². The van der Waals surface area contributed by atoms with Gasteiger partial charge in [0.1, 0.15) is 0 Å². The van der Waals surface area contributed by atoms with E-state index < -0.39 is 0 Å². The summed E-state index contributed by atoms with van der Waals surface area (Å²) in [5.41, 5.74) is 2.99. The predicted octanol–water partition coefficient (Wildman–Crippen LogP) is 1.90. The number of benzene rings is 1. The van der Waals surface area contributed by atoms with Crippen molar-refractivity contribution in [1.82, 2.24) is 15.0 Å². The van der Waals surface area contributed by atoms with Crippen LogP contribution in [0, 0.1) is 13.8 Å². The van der Waals surface area contributed by atoms with Crippen molar-refractivity contribution in [2.24, 2.45) is 0 Å². The Morgan fingerprint density at radius 1 is 1.00 bits per heavy atom. The molecule has 0 atom stereocenters. The van der Waals surface area contributed by atoms with Crippen LogP contribution in [0.1, 0.15) is 11.1 Å². The second-order valence-electron chi connectivity index (χ2n) is 3.70. The molecule has 5 heteroatoms. The Morgan fingerprint density at radius 3 is 2.18 bits per heavy atom. The van der Waals surface area contributed by atoms with Gasteiger partial charge in [-0.2, -0.15) is 15.0 Å². The summed E-state index contributed by atoms with van der Waals surface area (Å²) in [6.45, 7) is 4.00. The third kappa shape index (κ3) is 1.84. The summed E-state index contributed by atoms with van der Waals surface area (Å²) in [5, 5.41) is 8.26. The monoisotopic (exact) mass is 233 g/mol. The zero-order valence-electron chi connectivity index (χ0n) is 10.4. The van der Waals surface area contributed by atoms with E-state index in [1.807, 2.05) is 19.9 Å². The van der Waals surface area contributed by atoms with Gasteiger partial charge < -0.3 is 9.47 Å². The minimum absolute atomic E-state index is 0.683. The van der Waals surface area contributed by atoms with Crippen LogP contribution in [0.3, 0.4) is 0 Å². The van der Waals surface area contributed by atoms with Crippen LogP contribution in [-0.2, 0) is 0 Å². The molecule has 5 nitrogen and oxygen atoms in total. The van der Waals surface area contributed by atoms with E-state index in [2.05, 4.69) is 10.2 Å². The lowest BCUT2D eigenvalue weighted by atomic mass is 10.1. The molecule has 2 rings (SSSR count). The Morgan fingerprint density at radius 2 is 1.65 bits per heavy atom. The van der Waals surface area contributed by atoms with E-state index in [1.54, 1.807) is 31.4 Å². The Bertz CT molecular complexity index is 521. The first-order valence-corrected chi connectivity index (χ1v) is 5.28. The Hall–Kier alpha value is -2.04. The van der Waals surface area contributed by atoms with Crippen LogP contribution in [0.15, 0.2) is 18.5 Å². The van der Waals surface area contributed by atoms with Crippen molar-refractivity contribution < 1.29 is 9.47 Å². The van der Waals surface area contributed by atoms with Crippen molar-refractivity contribution in [3.05, 3.63) is 29.6 Å². The van der Waals surface area contributed by atoms with Crippen LogP contribution in [0.5, 0.6) is 11.5 Å². The largest absolute Gasteiger partial charge is 0.493 e. The van der Waals surface area contributed by atoms with Crippen LogP contribution in [0.4, 0.5) is 0 Å². The standard InChI is InChI=1S/C12H15N3O2/c1-8-9(2)12(17-4)11(16-3)7-10(8)15-13-5-6-14-15/h5-7H,1-4H3. The molecule has 0 aliphatic heterocycles. The normalized spacial score (nSPS) is 10.4. The van der Waals surface area contributed by atoms with E-state index in [9.17, 15) is 0 Å².